The van der Waals surface area contributed by atoms with E-state index in [9.17, 15) is 9.59 Å². The molecule has 4 N–H and O–H groups in total. The number of carbonyl (C=O) groups excluding carboxylic acids is 2. The van der Waals surface area contributed by atoms with Gasteiger partial charge in [0.05, 0.1) is 25.3 Å². The fourth-order valence-electron chi connectivity index (χ4n) is 1.40. The Balaban J connectivity index is 2.51. The SMILES string of the molecule is CC(CO)(CO)NC(=O)CNC(=O)c1cccc(Cl)c1. The molecule has 0 spiro atoms. The molecule has 0 saturated heterocycles. The van der Waals surface area contributed by atoms with Gasteiger partial charge in [0, 0.05) is 10.6 Å². The number of aliphatic hydroxyl groups is 2. The third-order valence-electron chi connectivity index (χ3n) is 2.64. The van der Waals surface area contributed by atoms with Crippen molar-refractivity contribution in [1.29, 1.82) is 0 Å². The lowest BCUT2D eigenvalue weighted by atomic mass is 10.1. The molecule has 0 fully saturated rings. The Morgan fingerprint density at radius 3 is 2.50 bits per heavy atom. The Morgan fingerprint density at radius 1 is 1.30 bits per heavy atom. The number of halogens is 1. The average Bonchev–Trinajstić information content (AvgIpc) is 2.44. The number of carbonyl (C=O) groups is 2. The first kappa shape index (κ1) is 16.4. The molecule has 0 atom stereocenters. The van der Waals surface area contributed by atoms with Crippen molar-refractivity contribution in [3.63, 3.8) is 0 Å². The zero-order valence-electron chi connectivity index (χ0n) is 11.0. The summed E-state index contributed by atoms with van der Waals surface area (Å²) in [7, 11) is 0. The second-order valence-corrected chi connectivity index (χ2v) is 5.05. The summed E-state index contributed by atoms with van der Waals surface area (Å²) in [4.78, 5) is 23.4. The van der Waals surface area contributed by atoms with Gasteiger partial charge in [0.25, 0.3) is 5.91 Å². The predicted molar refractivity (Wildman–Crippen MR) is 74.5 cm³/mol. The summed E-state index contributed by atoms with van der Waals surface area (Å²) < 4.78 is 0. The molecule has 0 radical (unpaired) electrons. The predicted octanol–water partition coefficient (Wildman–Crippen LogP) is -0.0707. The number of nitrogens with one attached hydrogen (secondary N) is 2. The topological polar surface area (TPSA) is 98.7 Å². The summed E-state index contributed by atoms with van der Waals surface area (Å²) in [5.41, 5.74) is -0.768. The quantitative estimate of drug-likeness (QED) is 0.591. The molecular weight excluding hydrogens is 284 g/mol. The van der Waals surface area contributed by atoms with E-state index < -0.39 is 30.6 Å². The first-order valence-electron chi connectivity index (χ1n) is 5.97. The summed E-state index contributed by atoms with van der Waals surface area (Å²) >= 11 is 5.76. The first-order chi connectivity index (χ1) is 9.40. The minimum atomic E-state index is -1.11. The van der Waals surface area contributed by atoms with Crippen LogP contribution in [0, 0.1) is 0 Å². The monoisotopic (exact) mass is 300 g/mol. The lowest BCUT2D eigenvalue weighted by Gasteiger charge is -2.26. The van der Waals surface area contributed by atoms with Crippen molar-refractivity contribution >= 4 is 23.4 Å². The second kappa shape index (κ2) is 7.23. The van der Waals surface area contributed by atoms with E-state index in [1.807, 2.05) is 0 Å². The van der Waals surface area contributed by atoms with Gasteiger partial charge >= 0.3 is 0 Å². The molecule has 110 valence electrons. The molecule has 1 aromatic carbocycles. The Kier molecular flexibility index (Phi) is 5.94. The molecule has 0 bridgehead atoms. The highest BCUT2D eigenvalue weighted by Gasteiger charge is 2.24. The Morgan fingerprint density at radius 2 is 1.95 bits per heavy atom. The molecular formula is C13H17ClN2O4. The van der Waals surface area contributed by atoms with E-state index in [-0.39, 0.29) is 6.54 Å². The van der Waals surface area contributed by atoms with Crippen molar-refractivity contribution in [2.75, 3.05) is 19.8 Å². The molecule has 6 nitrogen and oxygen atoms in total. The van der Waals surface area contributed by atoms with Gasteiger partial charge in [-0.25, -0.2) is 0 Å². The number of hydrogen-bond donors (Lipinski definition) is 4. The normalized spacial score (nSPS) is 11.0. The summed E-state index contributed by atoms with van der Waals surface area (Å²) in [6.07, 6.45) is 0. The van der Waals surface area contributed by atoms with Gasteiger partial charge in [-0.05, 0) is 25.1 Å². The van der Waals surface area contributed by atoms with Crippen LogP contribution in [0.3, 0.4) is 0 Å². The van der Waals surface area contributed by atoms with Gasteiger partial charge in [0.15, 0.2) is 0 Å². The number of benzene rings is 1. The van der Waals surface area contributed by atoms with Crippen LogP contribution >= 0.6 is 11.6 Å². The lowest BCUT2D eigenvalue weighted by molar-refractivity contribution is -0.123. The highest BCUT2D eigenvalue weighted by atomic mass is 35.5. The van der Waals surface area contributed by atoms with E-state index in [1.165, 1.54) is 13.0 Å². The van der Waals surface area contributed by atoms with E-state index in [0.29, 0.717) is 10.6 Å². The highest BCUT2D eigenvalue weighted by molar-refractivity contribution is 6.30. The number of amides is 2. The van der Waals surface area contributed by atoms with Crippen LogP contribution in [0.15, 0.2) is 24.3 Å². The Bertz CT molecular complexity index is 489. The van der Waals surface area contributed by atoms with Gasteiger partial charge in [-0.3, -0.25) is 9.59 Å². The third-order valence-corrected chi connectivity index (χ3v) is 2.87. The van der Waals surface area contributed by atoms with Crippen molar-refractivity contribution in [3.05, 3.63) is 34.9 Å². The zero-order valence-corrected chi connectivity index (χ0v) is 11.8. The van der Waals surface area contributed by atoms with E-state index in [0.717, 1.165) is 0 Å². The summed E-state index contributed by atoms with van der Waals surface area (Å²) in [6.45, 7) is 0.416. The van der Waals surface area contributed by atoms with Gasteiger partial charge < -0.3 is 20.8 Å². The van der Waals surface area contributed by atoms with Crippen molar-refractivity contribution in [3.8, 4) is 0 Å². The molecule has 20 heavy (non-hydrogen) atoms. The smallest absolute Gasteiger partial charge is 0.251 e. The maximum Gasteiger partial charge on any atom is 0.251 e. The van der Waals surface area contributed by atoms with Crippen LogP contribution in [0.2, 0.25) is 5.02 Å². The van der Waals surface area contributed by atoms with E-state index in [4.69, 9.17) is 21.8 Å². The second-order valence-electron chi connectivity index (χ2n) is 4.62. The summed E-state index contributed by atoms with van der Waals surface area (Å²) in [5.74, 6) is -0.941. The third kappa shape index (κ3) is 4.80. The van der Waals surface area contributed by atoms with Gasteiger partial charge in [0.1, 0.15) is 0 Å². The molecule has 0 aliphatic carbocycles. The molecule has 0 unspecified atom stereocenters. The first-order valence-corrected chi connectivity index (χ1v) is 6.34. The molecule has 0 aliphatic rings. The summed E-state index contributed by atoms with van der Waals surface area (Å²) in [6, 6.07) is 6.33. The van der Waals surface area contributed by atoms with Crippen LogP contribution in [0.4, 0.5) is 0 Å². The van der Waals surface area contributed by atoms with Crippen LogP contribution in [-0.2, 0) is 4.79 Å². The average molecular weight is 301 g/mol. The molecule has 0 heterocycles. The van der Waals surface area contributed by atoms with Gasteiger partial charge in [-0.1, -0.05) is 17.7 Å². The summed E-state index contributed by atoms with van der Waals surface area (Å²) in [5, 5.41) is 23.4. The largest absolute Gasteiger partial charge is 0.394 e. The molecule has 1 aromatic rings. The fourth-order valence-corrected chi connectivity index (χ4v) is 1.59. The minimum Gasteiger partial charge on any atom is -0.394 e. The maximum absolute atomic E-state index is 11.8. The number of hydrogen-bond acceptors (Lipinski definition) is 4. The standard InChI is InChI=1S/C13H17ClN2O4/c1-13(7-17,8-18)16-11(19)6-15-12(20)9-3-2-4-10(14)5-9/h2-5,17-18H,6-8H2,1H3,(H,15,20)(H,16,19). The van der Waals surface area contributed by atoms with E-state index in [2.05, 4.69) is 10.6 Å². The van der Waals surface area contributed by atoms with Crippen LogP contribution in [-0.4, -0.2) is 47.3 Å². The van der Waals surface area contributed by atoms with E-state index >= 15 is 0 Å². The van der Waals surface area contributed by atoms with Crippen molar-refractivity contribution in [2.45, 2.75) is 12.5 Å². The molecule has 1 rings (SSSR count). The van der Waals surface area contributed by atoms with Crippen LogP contribution in [0.1, 0.15) is 17.3 Å². The molecule has 0 saturated carbocycles. The molecule has 2 amide bonds. The van der Waals surface area contributed by atoms with Gasteiger partial charge in [-0.2, -0.15) is 0 Å². The van der Waals surface area contributed by atoms with Crippen LogP contribution in [0.5, 0.6) is 0 Å². The van der Waals surface area contributed by atoms with Crippen molar-refractivity contribution in [2.24, 2.45) is 0 Å². The highest BCUT2D eigenvalue weighted by Crippen LogP contribution is 2.10. The van der Waals surface area contributed by atoms with Crippen molar-refractivity contribution < 1.29 is 19.8 Å². The number of rotatable bonds is 6. The van der Waals surface area contributed by atoms with E-state index in [1.54, 1.807) is 18.2 Å². The Hall–Kier alpha value is -1.63. The Labute approximate surface area is 121 Å². The van der Waals surface area contributed by atoms with Crippen molar-refractivity contribution in [1.82, 2.24) is 10.6 Å². The molecule has 7 heteroatoms. The fraction of sp³-hybridized carbons (Fsp3) is 0.385. The molecule has 0 aliphatic heterocycles. The maximum atomic E-state index is 11.8. The van der Waals surface area contributed by atoms with Crippen LogP contribution in [0.25, 0.3) is 0 Å². The van der Waals surface area contributed by atoms with Gasteiger partial charge in [0.2, 0.25) is 5.91 Å². The molecule has 0 aromatic heterocycles. The van der Waals surface area contributed by atoms with Crippen LogP contribution < -0.4 is 10.6 Å². The minimum absolute atomic E-state index is 0.263. The number of aliphatic hydroxyl groups excluding tert-OH is 2. The lowest BCUT2D eigenvalue weighted by Crippen LogP contribution is -2.54. The zero-order chi connectivity index (χ0) is 15.2. The van der Waals surface area contributed by atoms with Gasteiger partial charge in [-0.15, -0.1) is 0 Å².